The fourth-order valence-corrected chi connectivity index (χ4v) is 3.10. The van der Waals surface area contributed by atoms with Gasteiger partial charge in [0, 0.05) is 35.4 Å². The van der Waals surface area contributed by atoms with Crippen molar-refractivity contribution < 1.29 is 0 Å². The minimum atomic E-state index is 0.696. The Hall–Kier alpha value is -0.360. The first-order valence-corrected chi connectivity index (χ1v) is 6.48. The lowest BCUT2D eigenvalue weighted by molar-refractivity contribution is 0.474. The quantitative estimate of drug-likeness (QED) is 0.796. The number of nitrogens with one attached hydrogen (secondary N) is 1. The fraction of sp³-hybridized carbons (Fsp3) is 0.545. The molecule has 2 aliphatic heterocycles. The van der Waals surface area contributed by atoms with Gasteiger partial charge in [0.05, 0.1) is 11.9 Å². The van der Waals surface area contributed by atoms with Crippen molar-refractivity contribution >= 4 is 28.3 Å². The smallest absolute Gasteiger partial charge is 0.0564 e. The number of nitrogens with zero attached hydrogens (tertiary/aromatic N) is 2. The molecular formula is C11H14IN3. The highest BCUT2D eigenvalue weighted by Gasteiger charge is 2.32. The molecule has 3 rings (SSSR count). The van der Waals surface area contributed by atoms with Crippen LogP contribution in [-0.2, 0) is 0 Å². The van der Waals surface area contributed by atoms with Crippen molar-refractivity contribution in [2.24, 2.45) is 5.92 Å². The van der Waals surface area contributed by atoms with E-state index in [0.29, 0.717) is 6.04 Å². The zero-order valence-corrected chi connectivity index (χ0v) is 10.6. The molecule has 0 aliphatic carbocycles. The molecule has 0 saturated carbocycles. The van der Waals surface area contributed by atoms with Crippen LogP contribution in [0.25, 0.3) is 0 Å². The van der Waals surface area contributed by atoms with Gasteiger partial charge in [0.15, 0.2) is 0 Å². The predicted molar refractivity (Wildman–Crippen MR) is 69.1 cm³/mol. The number of hydrogen-bond donors (Lipinski definition) is 1. The van der Waals surface area contributed by atoms with Crippen molar-refractivity contribution in [2.75, 3.05) is 24.5 Å². The topological polar surface area (TPSA) is 28.2 Å². The SMILES string of the molecule is Ic1cncc(N2CC3CNC(C3)C2)c1. The molecule has 1 N–H and O–H groups in total. The molecule has 15 heavy (non-hydrogen) atoms. The normalized spacial score (nSPS) is 29.5. The summed E-state index contributed by atoms with van der Waals surface area (Å²) in [6.45, 7) is 3.52. The van der Waals surface area contributed by atoms with Gasteiger partial charge in [0.1, 0.15) is 0 Å². The van der Waals surface area contributed by atoms with Crippen molar-refractivity contribution in [2.45, 2.75) is 12.5 Å². The van der Waals surface area contributed by atoms with Crippen LogP contribution in [0.5, 0.6) is 0 Å². The minimum Gasteiger partial charge on any atom is -0.368 e. The van der Waals surface area contributed by atoms with Crippen LogP contribution in [0.2, 0.25) is 0 Å². The number of anilines is 1. The first-order chi connectivity index (χ1) is 7.31. The van der Waals surface area contributed by atoms with Crippen LogP contribution in [0.3, 0.4) is 0 Å². The summed E-state index contributed by atoms with van der Waals surface area (Å²) in [4.78, 5) is 6.73. The van der Waals surface area contributed by atoms with Crippen LogP contribution in [0.1, 0.15) is 6.42 Å². The number of rotatable bonds is 1. The molecule has 3 nitrogen and oxygen atoms in total. The predicted octanol–water partition coefficient (Wildman–Crippen LogP) is 1.48. The maximum Gasteiger partial charge on any atom is 0.0564 e. The van der Waals surface area contributed by atoms with Crippen molar-refractivity contribution in [3.8, 4) is 0 Å². The molecule has 1 aromatic rings. The lowest BCUT2D eigenvalue weighted by Gasteiger charge is -2.32. The Bertz CT molecular complexity index is 357. The van der Waals surface area contributed by atoms with Gasteiger partial charge in [-0.1, -0.05) is 0 Å². The number of hydrogen-bond acceptors (Lipinski definition) is 3. The third-order valence-electron chi connectivity index (χ3n) is 3.29. The molecular weight excluding hydrogens is 301 g/mol. The van der Waals surface area contributed by atoms with E-state index >= 15 is 0 Å². The zero-order valence-electron chi connectivity index (χ0n) is 8.49. The average Bonchev–Trinajstić information content (AvgIpc) is 2.58. The van der Waals surface area contributed by atoms with E-state index in [2.05, 4.69) is 43.9 Å². The second-order valence-electron chi connectivity index (χ2n) is 4.47. The average molecular weight is 315 g/mol. The lowest BCUT2D eigenvalue weighted by Crippen LogP contribution is -2.41. The van der Waals surface area contributed by atoms with E-state index in [-0.39, 0.29) is 0 Å². The molecule has 2 unspecified atom stereocenters. The number of piperidine rings is 1. The van der Waals surface area contributed by atoms with Gasteiger partial charge in [-0.2, -0.15) is 0 Å². The molecule has 0 radical (unpaired) electrons. The number of pyridine rings is 1. The Morgan fingerprint density at radius 3 is 3.13 bits per heavy atom. The van der Waals surface area contributed by atoms with Crippen LogP contribution < -0.4 is 10.2 Å². The fourth-order valence-electron chi connectivity index (χ4n) is 2.62. The molecule has 2 fully saturated rings. The number of aromatic nitrogens is 1. The summed E-state index contributed by atoms with van der Waals surface area (Å²) in [5.74, 6) is 0.835. The standard InChI is InChI=1S/C11H14IN3/c12-9-2-11(5-13-4-9)15-6-8-1-10(7-15)14-3-8/h2,4-5,8,10,14H,1,3,6-7H2. The van der Waals surface area contributed by atoms with Crippen molar-refractivity contribution in [1.29, 1.82) is 0 Å². The lowest BCUT2D eigenvalue weighted by atomic mass is 10.00. The maximum atomic E-state index is 4.26. The Morgan fingerprint density at radius 1 is 1.40 bits per heavy atom. The van der Waals surface area contributed by atoms with E-state index in [4.69, 9.17) is 0 Å². The third kappa shape index (κ3) is 1.97. The number of halogens is 1. The Labute approximate surface area is 103 Å². The molecule has 2 saturated heterocycles. The minimum absolute atomic E-state index is 0.696. The van der Waals surface area contributed by atoms with E-state index in [9.17, 15) is 0 Å². The largest absolute Gasteiger partial charge is 0.368 e. The Morgan fingerprint density at radius 2 is 2.33 bits per heavy atom. The van der Waals surface area contributed by atoms with Gasteiger partial charge in [-0.25, -0.2) is 0 Å². The first-order valence-electron chi connectivity index (χ1n) is 5.40. The van der Waals surface area contributed by atoms with Crippen LogP contribution in [0.15, 0.2) is 18.5 Å². The Balaban J connectivity index is 1.83. The summed E-state index contributed by atoms with van der Waals surface area (Å²) in [7, 11) is 0. The van der Waals surface area contributed by atoms with Crippen molar-refractivity contribution in [3.63, 3.8) is 0 Å². The highest BCUT2D eigenvalue weighted by atomic mass is 127. The summed E-state index contributed by atoms with van der Waals surface area (Å²) in [5.41, 5.74) is 1.28. The third-order valence-corrected chi connectivity index (χ3v) is 3.88. The van der Waals surface area contributed by atoms with Gasteiger partial charge >= 0.3 is 0 Å². The van der Waals surface area contributed by atoms with Gasteiger partial charge in [-0.3, -0.25) is 4.98 Å². The highest BCUT2D eigenvalue weighted by Crippen LogP contribution is 2.26. The van der Waals surface area contributed by atoms with E-state index < -0.39 is 0 Å². The van der Waals surface area contributed by atoms with Crippen molar-refractivity contribution in [3.05, 3.63) is 22.0 Å². The highest BCUT2D eigenvalue weighted by molar-refractivity contribution is 14.1. The first kappa shape index (κ1) is 9.84. The zero-order chi connectivity index (χ0) is 10.3. The molecule has 2 bridgehead atoms. The molecule has 3 heterocycles. The molecule has 80 valence electrons. The summed E-state index contributed by atoms with van der Waals surface area (Å²) in [5, 5.41) is 3.57. The van der Waals surface area contributed by atoms with E-state index in [1.807, 2.05) is 12.4 Å². The van der Waals surface area contributed by atoms with Crippen LogP contribution in [0.4, 0.5) is 5.69 Å². The van der Waals surface area contributed by atoms with Crippen LogP contribution in [-0.4, -0.2) is 30.7 Å². The molecule has 0 spiro atoms. The van der Waals surface area contributed by atoms with E-state index in [1.165, 1.54) is 28.8 Å². The molecule has 1 aromatic heterocycles. The molecule has 2 atom stereocenters. The Kier molecular flexibility index (Phi) is 2.56. The summed E-state index contributed by atoms with van der Waals surface area (Å²) in [6, 6.07) is 2.92. The molecule has 0 amide bonds. The van der Waals surface area contributed by atoms with Crippen LogP contribution in [0, 0.1) is 9.49 Å². The summed E-state index contributed by atoms with van der Waals surface area (Å²) < 4.78 is 1.22. The van der Waals surface area contributed by atoms with E-state index in [1.54, 1.807) is 0 Å². The van der Waals surface area contributed by atoms with Gasteiger partial charge in [0.2, 0.25) is 0 Å². The number of fused-ring (bicyclic) bond motifs is 2. The monoisotopic (exact) mass is 315 g/mol. The van der Waals surface area contributed by atoms with Crippen LogP contribution >= 0.6 is 22.6 Å². The molecule has 4 heteroatoms. The summed E-state index contributed by atoms with van der Waals surface area (Å²) in [6.07, 6.45) is 5.24. The maximum absolute atomic E-state index is 4.26. The second-order valence-corrected chi connectivity index (χ2v) is 5.72. The van der Waals surface area contributed by atoms with Gasteiger partial charge < -0.3 is 10.2 Å². The molecule has 2 aliphatic rings. The summed E-state index contributed by atoms with van der Waals surface area (Å²) >= 11 is 2.32. The second kappa shape index (κ2) is 3.90. The van der Waals surface area contributed by atoms with Gasteiger partial charge in [0.25, 0.3) is 0 Å². The molecule has 0 aromatic carbocycles. The van der Waals surface area contributed by atoms with Crippen molar-refractivity contribution in [1.82, 2.24) is 10.3 Å². The van der Waals surface area contributed by atoms with Gasteiger partial charge in [-0.05, 0) is 41.0 Å². The van der Waals surface area contributed by atoms with Gasteiger partial charge in [-0.15, -0.1) is 0 Å². The van der Waals surface area contributed by atoms with E-state index in [0.717, 1.165) is 12.5 Å².